The molecule has 138 valence electrons. The number of piperidine rings is 1. The molecule has 6 heteroatoms. The molecule has 0 aromatic heterocycles. The van der Waals surface area contributed by atoms with Crippen molar-refractivity contribution < 1.29 is 4.79 Å². The van der Waals surface area contributed by atoms with Crippen LogP contribution < -0.4 is 5.32 Å². The number of nitrogens with one attached hydrogen (secondary N) is 1. The highest BCUT2D eigenvalue weighted by Crippen LogP contribution is 2.33. The minimum Gasteiger partial charge on any atom is -0.324 e. The fourth-order valence-electron chi connectivity index (χ4n) is 3.33. The third-order valence-electron chi connectivity index (χ3n) is 4.63. The van der Waals surface area contributed by atoms with Gasteiger partial charge < -0.3 is 5.32 Å². The van der Waals surface area contributed by atoms with Crippen molar-refractivity contribution in [1.29, 1.82) is 0 Å². The summed E-state index contributed by atoms with van der Waals surface area (Å²) >= 11 is 18.1. The summed E-state index contributed by atoms with van der Waals surface area (Å²) in [5.74, 6) is -0.0988. The molecule has 1 aliphatic rings. The Labute approximate surface area is 169 Å². The molecule has 0 aliphatic carbocycles. The number of amides is 1. The van der Waals surface area contributed by atoms with Crippen molar-refractivity contribution in [2.24, 2.45) is 5.92 Å². The largest absolute Gasteiger partial charge is 0.324 e. The third kappa shape index (κ3) is 4.92. The standard InChI is InChI=1S/C20H21Cl3N2O/c1-13-4-2-5-14(8-13)11-25-7-3-6-15(12-25)20(26)24-19-10-17(22)16(21)9-18(19)23/h2,4-5,8-10,15H,3,6-7,11-12H2,1H3,(H,24,26). The van der Waals surface area contributed by atoms with Crippen LogP contribution in [0, 0.1) is 12.8 Å². The molecule has 1 saturated heterocycles. The molecular weight excluding hydrogens is 391 g/mol. The van der Waals surface area contributed by atoms with Gasteiger partial charge in [0, 0.05) is 13.1 Å². The van der Waals surface area contributed by atoms with Gasteiger partial charge in [0.15, 0.2) is 0 Å². The molecule has 0 spiro atoms. The number of hydrogen-bond donors (Lipinski definition) is 1. The molecule has 3 nitrogen and oxygen atoms in total. The van der Waals surface area contributed by atoms with Crippen LogP contribution in [0.15, 0.2) is 36.4 Å². The number of nitrogens with zero attached hydrogens (tertiary/aromatic N) is 1. The number of hydrogen-bond acceptors (Lipinski definition) is 2. The summed E-state index contributed by atoms with van der Waals surface area (Å²) in [4.78, 5) is 15.0. The van der Waals surface area contributed by atoms with Gasteiger partial charge in [-0.15, -0.1) is 0 Å². The van der Waals surface area contributed by atoms with Crippen LogP contribution in [0.3, 0.4) is 0 Å². The Morgan fingerprint density at radius 1 is 1.15 bits per heavy atom. The van der Waals surface area contributed by atoms with Crippen molar-refractivity contribution in [2.45, 2.75) is 26.3 Å². The maximum Gasteiger partial charge on any atom is 0.228 e. The van der Waals surface area contributed by atoms with Crippen LogP contribution in [-0.2, 0) is 11.3 Å². The third-order valence-corrected chi connectivity index (χ3v) is 5.67. The maximum atomic E-state index is 12.7. The Balaban J connectivity index is 1.64. The van der Waals surface area contributed by atoms with Gasteiger partial charge in [-0.2, -0.15) is 0 Å². The molecule has 0 radical (unpaired) electrons. The molecule has 1 aliphatic heterocycles. The molecule has 1 heterocycles. The minimum atomic E-state index is -0.0703. The highest BCUT2D eigenvalue weighted by Gasteiger charge is 2.26. The topological polar surface area (TPSA) is 32.3 Å². The summed E-state index contributed by atoms with van der Waals surface area (Å²) in [7, 11) is 0. The highest BCUT2D eigenvalue weighted by atomic mass is 35.5. The van der Waals surface area contributed by atoms with E-state index < -0.39 is 0 Å². The Morgan fingerprint density at radius 3 is 2.69 bits per heavy atom. The summed E-state index contributed by atoms with van der Waals surface area (Å²) in [6, 6.07) is 11.6. The number of likely N-dealkylation sites (tertiary alicyclic amines) is 1. The maximum absolute atomic E-state index is 12.7. The van der Waals surface area contributed by atoms with E-state index in [9.17, 15) is 4.79 Å². The lowest BCUT2D eigenvalue weighted by Gasteiger charge is -2.32. The summed E-state index contributed by atoms with van der Waals surface area (Å²) < 4.78 is 0. The van der Waals surface area contributed by atoms with E-state index in [0.29, 0.717) is 20.8 Å². The molecule has 3 rings (SSSR count). The first-order valence-corrected chi connectivity index (χ1v) is 9.79. The monoisotopic (exact) mass is 410 g/mol. The predicted octanol–water partition coefficient (Wildman–Crippen LogP) is 5.81. The lowest BCUT2D eigenvalue weighted by molar-refractivity contribution is -0.121. The highest BCUT2D eigenvalue weighted by molar-refractivity contribution is 6.44. The SMILES string of the molecule is Cc1cccc(CN2CCCC(C(=O)Nc3cc(Cl)c(Cl)cc3Cl)C2)c1. The number of aryl methyl sites for hydroxylation is 1. The molecule has 0 saturated carbocycles. The average Bonchev–Trinajstić information content (AvgIpc) is 2.60. The van der Waals surface area contributed by atoms with Crippen LogP contribution in [0.4, 0.5) is 5.69 Å². The van der Waals surface area contributed by atoms with Crippen LogP contribution >= 0.6 is 34.8 Å². The smallest absolute Gasteiger partial charge is 0.228 e. The fraction of sp³-hybridized carbons (Fsp3) is 0.350. The lowest BCUT2D eigenvalue weighted by atomic mass is 9.96. The molecule has 2 aromatic carbocycles. The molecule has 1 atom stereocenters. The molecular formula is C20H21Cl3N2O. The molecule has 26 heavy (non-hydrogen) atoms. The van der Waals surface area contributed by atoms with E-state index in [1.165, 1.54) is 11.1 Å². The van der Waals surface area contributed by atoms with E-state index in [2.05, 4.69) is 41.4 Å². The average molecular weight is 412 g/mol. The van der Waals surface area contributed by atoms with Crippen LogP contribution in [0.25, 0.3) is 0 Å². The van der Waals surface area contributed by atoms with Crippen LogP contribution in [0.5, 0.6) is 0 Å². The van der Waals surface area contributed by atoms with Crippen LogP contribution in [0.2, 0.25) is 15.1 Å². The summed E-state index contributed by atoms with van der Waals surface area (Å²) in [5, 5.41) is 4.03. The molecule has 2 aromatic rings. The fourth-order valence-corrected chi connectivity index (χ4v) is 3.93. The van der Waals surface area contributed by atoms with Crippen molar-refractivity contribution >= 4 is 46.4 Å². The normalized spacial score (nSPS) is 17.9. The van der Waals surface area contributed by atoms with Crippen molar-refractivity contribution in [3.05, 3.63) is 62.6 Å². The zero-order valence-corrected chi connectivity index (χ0v) is 16.8. The van der Waals surface area contributed by atoms with Gasteiger partial charge in [0.25, 0.3) is 0 Å². The Bertz CT molecular complexity index is 810. The Hall–Kier alpha value is -1.26. The van der Waals surface area contributed by atoms with E-state index in [4.69, 9.17) is 34.8 Å². The van der Waals surface area contributed by atoms with Gasteiger partial charge in [0.1, 0.15) is 0 Å². The second-order valence-corrected chi connectivity index (χ2v) is 8.02. The number of carbonyl (C=O) groups excluding carboxylic acids is 1. The zero-order chi connectivity index (χ0) is 18.7. The molecule has 1 amide bonds. The molecule has 0 bridgehead atoms. The van der Waals surface area contributed by atoms with E-state index in [0.717, 1.165) is 32.5 Å². The summed E-state index contributed by atoms with van der Waals surface area (Å²) in [6.07, 6.45) is 1.87. The first-order chi connectivity index (χ1) is 12.4. The van der Waals surface area contributed by atoms with Crippen molar-refractivity contribution in [1.82, 2.24) is 4.90 Å². The zero-order valence-electron chi connectivity index (χ0n) is 14.6. The number of rotatable bonds is 4. The molecule has 1 N–H and O–H groups in total. The number of benzene rings is 2. The number of anilines is 1. The van der Waals surface area contributed by atoms with Gasteiger partial charge in [0.2, 0.25) is 5.91 Å². The minimum absolute atomic E-state index is 0.0285. The van der Waals surface area contributed by atoms with Crippen molar-refractivity contribution in [3.63, 3.8) is 0 Å². The first-order valence-electron chi connectivity index (χ1n) is 8.65. The van der Waals surface area contributed by atoms with Crippen LogP contribution in [-0.4, -0.2) is 23.9 Å². The first kappa shape index (κ1) is 19.5. The number of carbonyl (C=O) groups is 1. The van der Waals surface area contributed by atoms with E-state index >= 15 is 0 Å². The summed E-state index contributed by atoms with van der Waals surface area (Å²) in [5.41, 5.74) is 3.03. The summed E-state index contributed by atoms with van der Waals surface area (Å²) in [6.45, 7) is 4.69. The van der Waals surface area contributed by atoms with Gasteiger partial charge in [0.05, 0.1) is 26.7 Å². The Kier molecular flexibility index (Phi) is 6.46. The van der Waals surface area contributed by atoms with E-state index in [1.54, 1.807) is 12.1 Å². The van der Waals surface area contributed by atoms with E-state index in [-0.39, 0.29) is 11.8 Å². The molecule has 1 unspecified atom stereocenters. The van der Waals surface area contributed by atoms with Gasteiger partial charge in [-0.05, 0) is 44.0 Å². The van der Waals surface area contributed by atoms with Gasteiger partial charge in [-0.25, -0.2) is 0 Å². The second kappa shape index (κ2) is 8.62. The quantitative estimate of drug-likeness (QED) is 0.644. The second-order valence-electron chi connectivity index (χ2n) is 6.80. The van der Waals surface area contributed by atoms with Gasteiger partial charge in [-0.1, -0.05) is 64.6 Å². The Morgan fingerprint density at radius 2 is 1.92 bits per heavy atom. The van der Waals surface area contributed by atoms with Crippen molar-refractivity contribution in [2.75, 3.05) is 18.4 Å². The number of halogens is 3. The van der Waals surface area contributed by atoms with Gasteiger partial charge >= 0.3 is 0 Å². The van der Waals surface area contributed by atoms with Gasteiger partial charge in [-0.3, -0.25) is 9.69 Å². The van der Waals surface area contributed by atoms with E-state index in [1.807, 2.05) is 0 Å². The van der Waals surface area contributed by atoms with Crippen LogP contribution in [0.1, 0.15) is 24.0 Å². The predicted molar refractivity (Wildman–Crippen MR) is 109 cm³/mol. The lowest BCUT2D eigenvalue weighted by Crippen LogP contribution is -2.40. The van der Waals surface area contributed by atoms with Crippen molar-refractivity contribution in [3.8, 4) is 0 Å². The molecule has 1 fully saturated rings.